The third-order valence-corrected chi connectivity index (χ3v) is 3.48. The summed E-state index contributed by atoms with van der Waals surface area (Å²) in [6.45, 7) is 11.3. The van der Waals surface area contributed by atoms with Crippen molar-refractivity contribution in [2.45, 2.75) is 40.0 Å². The topological polar surface area (TPSA) is 55.1 Å². The quantitative estimate of drug-likeness (QED) is 0.856. The molecule has 0 aliphatic rings. The number of nitrogens with two attached hydrogens (primary N) is 1. The zero-order valence-electron chi connectivity index (χ0n) is 12.1. The lowest BCUT2D eigenvalue weighted by molar-refractivity contribution is -0.119. The summed E-state index contributed by atoms with van der Waals surface area (Å²) in [5.74, 6) is -0.107. The molecule has 1 amide bonds. The van der Waals surface area contributed by atoms with Crippen LogP contribution in [0.15, 0.2) is 12.1 Å². The van der Waals surface area contributed by atoms with E-state index in [1.165, 1.54) is 22.3 Å². The number of aryl methyl sites for hydroxylation is 3. The molecule has 0 aliphatic heterocycles. The minimum absolute atomic E-state index is 0.0436. The molecule has 0 aromatic heterocycles. The van der Waals surface area contributed by atoms with Gasteiger partial charge in [0.15, 0.2) is 0 Å². The monoisotopic (exact) mass is 248 g/mol. The Balaban J connectivity index is 2.97. The first-order chi connectivity index (χ1) is 8.27. The van der Waals surface area contributed by atoms with Gasteiger partial charge in [-0.05, 0) is 43.0 Å². The second-order valence-corrected chi connectivity index (χ2v) is 5.62. The highest BCUT2D eigenvalue weighted by Crippen LogP contribution is 2.28. The lowest BCUT2D eigenvalue weighted by Crippen LogP contribution is -2.39. The van der Waals surface area contributed by atoms with Crippen molar-refractivity contribution in [1.82, 2.24) is 5.32 Å². The van der Waals surface area contributed by atoms with Gasteiger partial charge in [-0.3, -0.25) is 4.79 Å². The van der Waals surface area contributed by atoms with E-state index >= 15 is 0 Å². The highest BCUT2D eigenvalue weighted by molar-refractivity contribution is 5.77. The van der Waals surface area contributed by atoms with Crippen LogP contribution < -0.4 is 11.1 Å². The SMILES string of the molecule is Cc1cc(C)c(C(C)(C)CNC(=O)CN)cc1C. The van der Waals surface area contributed by atoms with Crippen LogP contribution in [-0.4, -0.2) is 19.0 Å². The summed E-state index contributed by atoms with van der Waals surface area (Å²) >= 11 is 0. The Morgan fingerprint density at radius 2 is 1.72 bits per heavy atom. The fourth-order valence-corrected chi connectivity index (χ4v) is 2.18. The molecule has 0 saturated heterocycles. The van der Waals surface area contributed by atoms with Crippen molar-refractivity contribution in [3.8, 4) is 0 Å². The first-order valence-electron chi connectivity index (χ1n) is 6.33. The van der Waals surface area contributed by atoms with Gasteiger partial charge in [0, 0.05) is 12.0 Å². The van der Waals surface area contributed by atoms with Crippen molar-refractivity contribution in [3.63, 3.8) is 0 Å². The van der Waals surface area contributed by atoms with Gasteiger partial charge in [-0.2, -0.15) is 0 Å². The Morgan fingerprint density at radius 1 is 1.17 bits per heavy atom. The third kappa shape index (κ3) is 3.33. The molecule has 0 bridgehead atoms. The van der Waals surface area contributed by atoms with Gasteiger partial charge in [0.2, 0.25) is 5.91 Å². The van der Waals surface area contributed by atoms with Crippen LogP contribution in [0.5, 0.6) is 0 Å². The zero-order chi connectivity index (χ0) is 13.9. The van der Waals surface area contributed by atoms with Crippen LogP contribution in [0.2, 0.25) is 0 Å². The first-order valence-corrected chi connectivity index (χ1v) is 6.33. The Kier molecular flexibility index (Phi) is 4.52. The van der Waals surface area contributed by atoms with Crippen molar-refractivity contribution in [1.29, 1.82) is 0 Å². The zero-order valence-corrected chi connectivity index (χ0v) is 12.1. The van der Waals surface area contributed by atoms with Crippen molar-refractivity contribution in [2.75, 3.05) is 13.1 Å². The second kappa shape index (κ2) is 5.53. The van der Waals surface area contributed by atoms with E-state index in [9.17, 15) is 4.79 Å². The molecule has 18 heavy (non-hydrogen) atoms. The van der Waals surface area contributed by atoms with E-state index in [-0.39, 0.29) is 17.9 Å². The lowest BCUT2D eigenvalue weighted by atomic mass is 9.80. The highest BCUT2D eigenvalue weighted by atomic mass is 16.1. The fraction of sp³-hybridized carbons (Fsp3) is 0.533. The number of hydrogen-bond donors (Lipinski definition) is 2. The Bertz CT molecular complexity index is 450. The molecule has 0 atom stereocenters. The van der Waals surface area contributed by atoms with Gasteiger partial charge in [0.1, 0.15) is 0 Å². The predicted molar refractivity (Wildman–Crippen MR) is 75.7 cm³/mol. The summed E-state index contributed by atoms with van der Waals surface area (Å²) < 4.78 is 0. The molecule has 3 nitrogen and oxygen atoms in total. The summed E-state index contributed by atoms with van der Waals surface area (Å²) in [5, 5.41) is 2.87. The van der Waals surface area contributed by atoms with Crippen LogP contribution in [0.25, 0.3) is 0 Å². The van der Waals surface area contributed by atoms with Crippen LogP contribution in [0.4, 0.5) is 0 Å². The van der Waals surface area contributed by atoms with Crippen LogP contribution in [-0.2, 0) is 10.2 Å². The molecule has 1 aromatic rings. The van der Waals surface area contributed by atoms with Gasteiger partial charge in [-0.15, -0.1) is 0 Å². The molecule has 100 valence electrons. The molecule has 0 spiro atoms. The number of hydrogen-bond acceptors (Lipinski definition) is 2. The maximum Gasteiger partial charge on any atom is 0.233 e. The standard InChI is InChI=1S/C15H24N2O/c1-10-6-12(3)13(7-11(10)2)15(4,5)9-17-14(18)8-16/h6-7H,8-9,16H2,1-5H3,(H,17,18). The maximum absolute atomic E-state index is 11.3. The van der Waals surface area contributed by atoms with Crippen LogP contribution in [0.3, 0.4) is 0 Å². The fourth-order valence-electron chi connectivity index (χ4n) is 2.18. The Morgan fingerprint density at radius 3 is 2.28 bits per heavy atom. The van der Waals surface area contributed by atoms with Gasteiger partial charge in [-0.1, -0.05) is 26.0 Å². The van der Waals surface area contributed by atoms with E-state index in [2.05, 4.69) is 52.1 Å². The molecule has 0 aliphatic carbocycles. The number of carbonyl (C=O) groups is 1. The first kappa shape index (κ1) is 14.7. The largest absolute Gasteiger partial charge is 0.354 e. The van der Waals surface area contributed by atoms with Gasteiger partial charge in [-0.25, -0.2) is 0 Å². The molecule has 0 unspecified atom stereocenters. The highest BCUT2D eigenvalue weighted by Gasteiger charge is 2.23. The number of carbonyl (C=O) groups excluding carboxylic acids is 1. The van der Waals surface area contributed by atoms with Crippen molar-refractivity contribution in [2.24, 2.45) is 5.73 Å². The average Bonchev–Trinajstić information content (AvgIpc) is 2.30. The number of amides is 1. The Hall–Kier alpha value is -1.35. The molecule has 0 heterocycles. The summed E-state index contributed by atoms with van der Waals surface area (Å²) in [6.07, 6.45) is 0. The van der Waals surface area contributed by atoms with E-state index < -0.39 is 0 Å². The van der Waals surface area contributed by atoms with Crippen molar-refractivity contribution in [3.05, 3.63) is 34.4 Å². The predicted octanol–water partition coefficient (Wildman–Crippen LogP) is 1.96. The van der Waals surface area contributed by atoms with Crippen molar-refractivity contribution < 1.29 is 4.79 Å². The van der Waals surface area contributed by atoms with E-state index in [1.54, 1.807) is 0 Å². The van der Waals surface area contributed by atoms with E-state index in [4.69, 9.17) is 5.73 Å². The molecular weight excluding hydrogens is 224 g/mol. The van der Waals surface area contributed by atoms with Gasteiger partial charge in [0.25, 0.3) is 0 Å². The van der Waals surface area contributed by atoms with Gasteiger partial charge < -0.3 is 11.1 Å². The molecule has 0 radical (unpaired) electrons. The number of nitrogens with one attached hydrogen (secondary N) is 1. The average molecular weight is 248 g/mol. The molecular formula is C15H24N2O. The maximum atomic E-state index is 11.3. The normalized spacial score (nSPS) is 11.4. The van der Waals surface area contributed by atoms with Gasteiger partial charge in [0.05, 0.1) is 6.54 Å². The molecule has 1 aromatic carbocycles. The molecule has 0 fully saturated rings. The van der Waals surface area contributed by atoms with Crippen LogP contribution in [0, 0.1) is 20.8 Å². The number of benzene rings is 1. The summed E-state index contributed by atoms with van der Waals surface area (Å²) in [6, 6.07) is 4.43. The summed E-state index contributed by atoms with van der Waals surface area (Å²) in [4.78, 5) is 11.3. The van der Waals surface area contributed by atoms with Gasteiger partial charge >= 0.3 is 0 Å². The third-order valence-electron chi connectivity index (χ3n) is 3.48. The molecule has 3 heteroatoms. The number of rotatable bonds is 4. The van der Waals surface area contributed by atoms with E-state index in [0.717, 1.165) is 0 Å². The van der Waals surface area contributed by atoms with Crippen LogP contribution in [0.1, 0.15) is 36.1 Å². The van der Waals surface area contributed by atoms with Crippen molar-refractivity contribution >= 4 is 5.91 Å². The lowest BCUT2D eigenvalue weighted by Gasteiger charge is -2.28. The summed E-state index contributed by atoms with van der Waals surface area (Å²) in [5.41, 5.74) is 10.4. The van der Waals surface area contributed by atoms with E-state index in [1.807, 2.05) is 0 Å². The minimum Gasteiger partial charge on any atom is -0.354 e. The molecule has 1 rings (SSSR count). The second-order valence-electron chi connectivity index (χ2n) is 5.62. The smallest absolute Gasteiger partial charge is 0.233 e. The minimum atomic E-state index is -0.107. The molecule has 3 N–H and O–H groups in total. The van der Waals surface area contributed by atoms with E-state index in [0.29, 0.717) is 6.54 Å². The molecule has 0 saturated carbocycles. The Labute approximate surface area is 110 Å². The summed E-state index contributed by atoms with van der Waals surface area (Å²) in [7, 11) is 0. The van der Waals surface area contributed by atoms with Crippen LogP contribution >= 0.6 is 0 Å².